The van der Waals surface area contributed by atoms with Gasteiger partial charge >= 0.3 is 5.69 Å². The molecule has 1 amide bonds. The fourth-order valence-electron chi connectivity index (χ4n) is 2.69. The maximum absolute atomic E-state index is 12.3. The molecule has 8 nitrogen and oxygen atoms in total. The van der Waals surface area contributed by atoms with Crippen LogP contribution in [0.3, 0.4) is 0 Å². The number of fused-ring (bicyclic) bond motifs is 1. The summed E-state index contributed by atoms with van der Waals surface area (Å²) < 4.78 is 2.27. The number of carbonyl (C=O) groups is 1. The number of nitrogens with one attached hydrogen (secondary N) is 1. The summed E-state index contributed by atoms with van der Waals surface area (Å²) in [6.45, 7) is 0.378. The lowest BCUT2D eigenvalue weighted by Gasteiger charge is -2.16. The van der Waals surface area contributed by atoms with E-state index in [0.717, 1.165) is 17.4 Å². The Morgan fingerprint density at radius 1 is 1.28 bits per heavy atom. The Balaban J connectivity index is 0.00000156. The smallest absolute Gasteiger partial charge is 0.332 e. The van der Waals surface area contributed by atoms with Gasteiger partial charge in [-0.1, -0.05) is 0 Å². The highest BCUT2D eigenvalue weighted by molar-refractivity contribution is 5.94. The first kappa shape index (κ1) is 21.1. The van der Waals surface area contributed by atoms with Gasteiger partial charge < -0.3 is 11.1 Å². The van der Waals surface area contributed by atoms with Crippen molar-refractivity contribution in [3.63, 3.8) is 0 Å². The van der Waals surface area contributed by atoms with Gasteiger partial charge in [0.25, 0.3) is 11.5 Å². The fourth-order valence-corrected chi connectivity index (χ4v) is 2.69. The van der Waals surface area contributed by atoms with Crippen molar-refractivity contribution in [2.75, 3.05) is 6.54 Å². The Labute approximate surface area is 156 Å². The van der Waals surface area contributed by atoms with Crippen LogP contribution in [-0.4, -0.2) is 32.6 Å². The van der Waals surface area contributed by atoms with E-state index in [-0.39, 0.29) is 48.1 Å². The third-order valence-corrected chi connectivity index (χ3v) is 4.30. The van der Waals surface area contributed by atoms with Crippen LogP contribution in [0.2, 0.25) is 0 Å². The maximum Gasteiger partial charge on any atom is 0.332 e. The summed E-state index contributed by atoms with van der Waals surface area (Å²) in [6, 6.07) is 2.95. The van der Waals surface area contributed by atoms with E-state index in [0.29, 0.717) is 17.8 Å². The van der Waals surface area contributed by atoms with E-state index in [1.54, 1.807) is 0 Å². The van der Waals surface area contributed by atoms with Gasteiger partial charge in [-0.3, -0.25) is 18.7 Å². The van der Waals surface area contributed by atoms with Crippen LogP contribution in [0.25, 0.3) is 11.0 Å². The molecule has 2 heterocycles. The molecular formula is C15H21Cl2N5O3. The van der Waals surface area contributed by atoms with E-state index in [2.05, 4.69) is 10.3 Å². The normalized spacial score (nSPS) is 14.4. The summed E-state index contributed by atoms with van der Waals surface area (Å²) in [5.74, 6) is 0.0865. The third-order valence-electron chi connectivity index (χ3n) is 4.30. The van der Waals surface area contributed by atoms with Crippen molar-refractivity contribution >= 4 is 41.8 Å². The van der Waals surface area contributed by atoms with Crippen LogP contribution >= 0.6 is 24.8 Å². The number of amides is 1. The van der Waals surface area contributed by atoms with Gasteiger partial charge in [0.1, 0.15) is 11.3 Å². The Kier molecular flexibility index (Phi) is 6.75. The van der Waals surface area contributed by atoms with Crippen LogP contribution in [0.15, 0.2) is 21.7 Å². The molecule has 3 rings (SSSR count). The van der Waals surface area contributed by atoms with Crippen molar-refractivity contribution < 1.29 is 4.79 Å². The lowest BCUT2D eigenvalue weighted by molar-refractivity contribution is 0.0928. The SMILES string of the molecule is Cl.Cl.Cn1c(=O)c2ccc(C(=O)NC(CN)C3CC3)nc2n(C)c1=O. The molecule has 0 radical (unpaired) electrons. The molecule has 138 valence electrons. The number of carbonyl (C=O) groups excluding carboxylic acids is 1. The number of aromatic nitrogens is 3. The van der Waals surface area contributed by atoms with Crippen LogP contribution < -0.4 is 22.3 Å². The Hall–Kier alpha value is -1.90. The molecule has 10 heteroatoms. The van der Waals surface area contributed by atoms with E-state index < -0.39 is 11.2 Å². The van der Waals surface area contributed by atoms with Gasteiger partial charge in [-0.05, 0) is 30.9 Å². The molecule has 1 atom stereocenters. The minimum atomic E-state index is -0.481. The van der Waals surface area contributed by atoms with Gasteiger partial charge in [-0.2, -0.15) is 0 Å². The lowest BCUT2D eigenvalue weighted by atomic mass is 10.2. The largest absolute Gasteiger partial charge is 0.346 e. The van der Waals surface area contributed by atoms with Crippen LogP contribution in [0.1, 0.15) is 23.3 Å². The summed E-state index contributed by atoms with van der Waals surface area (Å²) in [6.07, 6.45) is 2.13. The minimum Gasteiger partial charge on any atom is -0.346 e. The number of hydrogen-bond donors (Lipinski definition) is 2. The number of hydrogen-bond acceptors (Lipinski definition) is 5. The Morgan fingerprint density at radius 3 is 2.48 bits per heavy atom. The van der Waals surface area contributed by atoms with Gasteiger partial charge in [-0.25, -0.2) is 9.78 Å². The second-order valence-electron chi connectivity index (χ2n) is 5.93. The van der Waals surface area contributed by atoms with Crippen molar-refractivity contribution in [3.8, 4) is 0 Å². The highest BCUT2D eigenvalue weighted by atomic mass is 35.5. The zero-order valence-corrected chi connectivity index (χ0v) is 15.5. The highest BCUT2D eigenvalue weighted by Gasteiger charge is 2.31. The molecule has 0 aliphatic heterocycles. The molecule has 25 heavy (non-hydrogen) atoms. The van der Waals surface area contributed by atoms with Gasteiger partial charge in [0.05, 0.1) is 5.39 Å². The molecule has 2 aromatic heterocycles. The monoisotopic (exact) mass is 389 g/mol. The van der Waals surface area contributed by atoms with E-state index in [1.165, 1.54) is 30.8 Å². The summed E-state index contributed by atoms with van der Waals surface area (Å²) in [5.41, 5.74) is 5.14. The van der Waals surface area contributed by atoms with Crippen LogP contribution in [0.5, 0.6) is 0 Å². The molecule has 2 aromatic rings. The van der Waals surface area contributed by atoms with Crippen molar-refractivity contribution in [1.29, 1.82) is 0 Å². The Morgan fingerprint density at radius 2 is 1.92 bits per heavy atom. The Bertz CT molecular complexity index is 904. The molecule has 0 aromatic carbocycles. The molecule has 3 N–H and O–H groups in total. The van der Waals surface area contributed by atoms with Gasteiger partial charge in [0.15, 0.2) is 0 Å². The summed E-state index contributed by atoms with van der Waals surface area (Å²) >= 11 is 0. The maximum atomic E-state index is 12.3. The van der Waals surface area contributed by atoms with Gasteiger partial charge in [0.2, 0.25) is 0 Å². The van der Waals surface area contributed by atoms with E-state index in [9.17, 15) is 14.4 Å². The predicted molar refractivity (Wildman–Crippen MR) is 99.8 cm³/mol. The summed E-state index contributed by atoms with van der Waals surface area (Å²) in [5, 5.41) is 3.17. The summed E-state index contributed by atoms with van der Waals surface area (Å²) in [4.78, 5) is 40.6. The van der Waals surface area contributed by atoms with E-state index in [4.69, 9.17) is 5.73 Å². The molecule has 0 bridgehead atoms. The average Bonchev–Trinajstić information content (AvgIpc) is 3.40. The molecule has 1 fully saturated rings. The zero-order chi connectivity index (χ0) is 16.7. The molecule has 1 saturated carbocycles. The second kappa shape index (κ2) is 7.99. The number of aryl methyl sites for hydroxylation is 1. The van der Waals surface area contributed by atoms with E-state index >= 15 is 0 Å². The van der Waals surface area contributed by atoms with Crippen molar-refractivity contribution in [1.82, 2.24) is 19.4 Å². The molecule has 1 aliphatic carbocycles. The molecular weight excluding hydrogens is 369 g/mol. The van der Waals surface area contributed by atoms with Crippen molar-refractivity contribution in [3.05, 3.63) is 38.7 Å². The van der Waals surface area contributed by atoms with Crippen molar-refractivity contribution in [2.24, 2.45) is 25.7 Å². The number of nitrogens with two attached hydrogens (primary N) is 1. The third kappa shape index (κ3) is 3.86. The average molecular weight is 390 g/mol. The first-order valence-corrected chi connectivity index (χ1v) is 7.51. The quantitative estimate of drug-likeness (QED) is 0.760. The van der Waals surface area contributed by atoms with Gasteiger partial charge in [-0.15, -0.1) is 24.8 Å². The standard InChI is InChI=1S/C15H19N5O3.2ClH/c1-19-12-9(14(22)20(2)15(19)23)5-6-10(17-12)13(21)18-11(7-16)8-3-4-8;;/h5-6,8,11H,3-4,7,16H2,1-2H3,(H,18,21);2*1H. The zero-order valence-electron chi connectivity index (χ0n) is 13.9. The molecule has 0 saturated heterocycles. The lowest BCUT2D eigenvalue weighted by Crippen LogP contribution is -2.42. The number of pyridine rings is 1. The first-order chi connectivity index (χ1) is 10.9. The molecule has 1 aliphatic rings. The number of rotatable bonds is 4. The van der Waals surface area contributed by atoms with Gasteiger partial charge in [0, 0.05) is 26.7 Å². The predicted octanol–water partition coefficient (Wildman–Crippen LogP) is -0.0571. The molecule has 1 unspecified atom stereocenters. The minimum absolute atomic E-state index is 0. The van der Waals surface area contributed by atoms with Crippen LogP contribution in [0.4, 0.5) is 0 Å². The van der Waals surface area contributed by atoms with Crippen molar-refractivity contribution in [2.45, 2.75) is 18.9 Å². The first-order valence-electron chi connectivity index (χ1n) is 7.51. The molecule has 0 spiro atoms. The summed E-state index contributed by atoms with van der Waals surface area (Å²) in [7, 11) is 2.93. The highest BCUT2D eigenvalue weighted by Crippen LogP contribution is 2.32. The van der Waals surface area contributed by atoms with Crippen LogP contribution in [-0.2, 0) is 14.1 Å². The van der Waals surface area contributed by atoms with E-state index in [1.807, 2.05) is 0 Å². The second-order valence-corrected chi connectivity index (χ2v) is 5.93. The number of halogens is 2. The number of nitrogens with zero attached hydrogens (tertiary/aromatic N) is 3. The van der Waals surface area contributed by atoms with Crippen LogP contribution in [0, 0.1) is 5.92 Å². The fraction of sp³-hybridized carbons (Fsp3) is 0.467. The topological polar surface area (TPSA) is 112 Å².